The van der Waals surface area contributed by atoms with Gasteiger partial charge in [0.2, 0.25) is 5.91 Å². The Bertz CT molecular complexity index is 664. The second kappa shape index (κ2) is 8.26. The van der Waals surface area contributed by atoms with Crippen molar-refractivity contribution in [1.29, 1.82) is 0 Å². The largest absolute Gasteiger partial charge is 0.466 e. The summed E-state index contributed by atoms with van der Waals surface area (Å²) in [5.74, 6) is -0.507. The van der Waals surface area contributed by atoms with Crippen molar-refractivity contribution in [3.63, 3.8) is 0 Å². The van der Waals surface area contributed by atoms with Crippen molar-refractivity contribution in [2.75, 3.05) is 0 Å². The topological polar surface area (TPSA) is 64.1 Å². The minimum Gasteiger partial charge on any atom is -0.466 e. The van der Waals surface area contributed by atoms with Crippen molar-refractivity contribution in [1.82, 2.24) is 15.5 Å². The van der Waals surface area contributed by atoms with E-state index in [1.54, 1.807) is 25.1 Å². The van der Waals surface area contributed by atoms with Crippen LogP contribution in [0.1, 0.15) is 26.3 Å². The molecule has 0 unspecified atom stereocenters. The quantitative estimate of drug-likeness (QED) is 0.773. The van der Waals surface area contributed by atoms with Crippen LogP contribution in [0.3, 0.4) is 0 Å². The van der Waals surface area contributed by atoms with Gasteiger partial charge in [0.15, 0.2) is 4.34 Å². The van der Waals surface area contributed by atoms with Gasteiger partial charge in [-0.3, -0.25) is 4.79 Å². The Morgan fingerprint density at radius 2 is 2.09 bits per heavy atom. The molecule has 5 nitrogen and oxygen atoms in total. The lowest BCUT2D eigenvalue weighted by atomic mass is 10.2. The lowest BCUT2D eigenvalue weighted by Crippen LogP contribution is -2.30. The average Bonchev–Trinajstić information content (AvgIpc) is 2.92. The molecule has 0 saturated carbocycles. The molecule has 0 spiro atoms. The van der Waals surface area contributed by atoms with Crippen LogP contribution in [0.25, 0.3) is 0 Å². The number of hydrogen-bond acceptors (Lipinski definition) is 6. The molecule has 0 bridgehead atoms. The van der Waals surface area contributed by atoms with Gasteiger partial charge in [-0.1, -0.05) is 35.1 Å². The molecule has 124 valence electrons. The minimum atomic E-state index is -0.360. The fourth-order valence-corrected chi connectivity index (χ4v) is 3.64. The van der Waals surface area contributed by atoms with Crippen LogP contribution in [0.15, 0.2) is 28.6 Å². The second-order valence-electron chi connectivity index (χ2n) is 5.07. The molecule has 1 aromatic heterocycles. The molecule has 1 heterocycles. The molecule has 2 rings (SSSR count). The number of amides is 1. The zero-order valence-corrected chi connectivity index (χ0v) is 14.7. The van der Waals surface area contributed by atoms with Gasteiger partial charge in [-0.15, -0.1) is 5.10 Å². The van der Waals surface area contributed by atoms with Crippen molar-refractivity contribution >= 4 is 29.0 Å². The van der Waals surface area contributed by atoms with E-state index in [0.717, 1.165) is 0 Å². The van der Waals surface area contributed by atoms with Crippen molar-refractivity contribution in [3.8, 4) is 5.19 Å². The van der Waals surface area contributed by atoms with E-state index in [-0.39, 0.29) is 29.6 Å². The van der Waals surface area contributed by atoms with E-state index in [9.17, 15) is 9.18 Å². The average molecular weight is 355 g/mol. The molecule has 0 aliphatic carbocycles. The van der Waals surface area contributed by atoms with Crippen molar-refractivity contribution in [2.24, 2.45) is 0 Å². The summed E-state index contributed by atoms with van der Waals surface area (Å²) in [7, 11) is 0. The molecule has 1 aromatic carbocycles. The Hall–Kier alpha value is -1.67. The maximum absolute atomic E-state index is 13.5. The number of rotatable bonds is 7. The third-order valence-electron chi connectivity index (χ3n) is 2.78. The maximum Gasteiger partial charge on any atom is 0.295 e. The zero-order chi connectivity index (χ0) is 16.8. The molecule has 8 heteroatoms. The van der Waals surface area contributed by atoms with Gasteiger partial charge in [-0.25, -0.2) is 4.39 Å². The molecule has 0 radical (unpaired) electrons. The number of aromatic nitrogens is 2. The first-order chi connectivity index (χ1) is 11.0. The maximum atomic E-state index is 13.5. The first kappa shape index (κ1) is 17.7. The first-order valence-corrected chi connectivity index (χ1v) is 8.83. The first-order valence-electron chi connectivity index (χ1n) is 7.13. The van der Waals surface area contributed by atoms with E-state index >= 15 is 0 Å². The molecule has 1 amide bonds. The summed E-state index contributed by atoms with van der Waals surface area (Å²) in [5, 5.41) is 10.8. The van der Waals surface area contributed by atoms with E-state index in [1.807, 2.05) is 13.8 Å². The van der Waals surface area contributed by atoms with Crippen molar-refractivity contribution in [3.05, 3.63) is 35.6 Å². The Balaban J connectivity index is 1.85. The molecule has 1 atom stereocenters. The SMILES string of the molecule is CC(C)Oc1nnc(S[C@@H](C)C(=O)NCc2ccccc2F)s1. The highest BCUT2D eigenvalue weighted by Crippen LogP contribution is 2.30. The van der Waals surface area contributed by atoms with Crippen LogP contribution in [0.4, 0.5) is 4.39 Å². The van der Waals surface area contributed by atoms with Crippen LogP contribution in [-0.4, -0.2) is 27.5 Å². The Morgan fingerprint density at radius 1 is 1.35 bits per heavy atom. The molecule has 0 fully saturated rings. The minimum absolute atomic E-state index is 0.0299. The molecule has 0 saturated heterocycles. The van der Waals surface area contributed by atoms with Gasteiger partial charge in [0, 0.05) is 12.1 Å². The Morgan fingerprint density at radius 3 is 2.78 bits per heavy atom. The third kappa shape index (κ3) is 5.47. The summed E-state index contributed by atoms with van der Waals surface area (Å²) in [6.07, 6.45) is 0.0299. The highest BCUT2D eigenvalue weighted by molar-refractivity contribution is 8.02. The van der Waals surface area contributed by atoms with Gasteiger partial charge in [0.1, 0.15) is 5.82 Å². The van der Waals surface area contributed by atoms with Crippen LogP contribution in [0.2, 0.25) is 0 Å². The van der Waals surface area contributed by atoms with Gasteiger partial charge in [-0.05, 0) is 38.2 Å². The molecular formula is C15H18FN3O2S2. The number of thioether (sulfide) groups is 1. The number of carbonyl (C=O) groups excluding carboxylic acids is 1. The van der Waals surface area contributed by atoms with Crippen molar-refractivity contribution < 1.29 is 13.9 Å². The lowest BCUT2D eigenvalue weighted by Gasteiger charge is -2.10. The van der Waals surface area contributed by atoms with E-state index < -0.39 is 0 Å². The Labute approximate surface area is 142 Å². The fraction of sp³-hybridized carbons (Fsp3) is 0.400. The monoisotopic (exact) mass is 355 g/mol. The number of benzene rings is 1. The lowest BCUT2D eigenvalue weighted by molar-refractivity contribution is -0.120. The van der Waals surface area contributed by atoms with Gasteiger partial charge in [-0.2, -0.15) is 0 Å². The number of nitrogens with zero attached hydrogens (tertiary/aromatic N) is 2. The van der Waals surface area contributed by atoms with Gasteiger partial charge in [0.25, 0.3) is 5.19 Å². The third-order valence-corrected chi connectivity index (χ3v) is 4.78. The predicted octanol–water partition coefficient (Wildman–Crippen LogP) is 3.26. The molecule has 2 aromatic rings. The summed E-state index contributed by atoms with van der Waals surface area (Å²) < 4.78 is 19.6. The van der Waals surface area contributed by atoms with Crippen LogP contribution in [0.5, 0.6) is 5.19 Å². The van der Waals surface area contributed by atoms with Gasteiger partial charge < -0.3 is 10.1 Å². The molecular weight excluding hydrogens is 337 g/mol. The smallest absolute Gasteiger partial charge is 0.295 e. The van der Waals surface area contributed by atoms with E-state index in [1.165, 1.54) is 29.2 Å². The van der Waals surface area contributed by atoms with E-state index in [2.05, 4.69) is 15.5 Å². The molecule has 23 heavy (non-hydrogen) atoms. The van der Waals surface area contributed by atoms with Crippen molar-refractivity contribution in [2.45, 2.75) is 43.0 Å². The number of carbonyl (C=O) groups is 1. The van der Waals surface area contributed by atoms with Crippen LogP contribution >= 0.6 is 23.1 Å². The second-order valence-corrected chi connectivity index (χ2v) is 7.60. The number of ether oxygens (including phenoxy) is 1. The summed E-state index contributed by atoms with van der Waals surface area (Å²) in [6.45, 7) is 5.75. The highest BCUT2D eigenvalue weighted by atomic mass is 32.2. The standard InChI is InChI=1S/C15H18FN3O2S2/c1-9(2)21-14-18-19-15(23-14)22-10(3)13(20)17-8-11-6-4-5-7-12(11)16/h4-7,9-10H,8H2,1-3H3,(H,17,20)/t10-/m0/s1. The van der Waals surface area contributed by atoms with Gasteiger partial charge >= 0.3 is 0 Å². The molecule has 0 aliphatic heterocycles. The number of nitrogens with one attached hydrogen (secondary N) is 1. The van der Waals surface area contributed by atoms with E-state index in [0.29, 0.717) is 15.1 Å². The number of hydrogen-bond donors (Lipinski definition) is 1. The summed E-state index contributed by atoms with van der Waals surface area (Å²) in [6, 6.07) is 6.37. The Kier molecular flexibility index (Phi) is 6.35. The summed E-state index contributed by atoms with van der Waals surface area (Å²) in [4.78, 5) is 12.1. The predicted molar refractivity (Wildman–Crippen MR) is 89.2 cm³/mol. The highest BCUT2D eigenvalue weighted by Gasteiger charge is 2.18. The van der Waals surface area contributed by atoms with E-state index in [4.69, 9.17) is 4.74 Å². The molecule has 1 N–H and O–H groups in total. The normalized spacial score (nSPS) is 12.2. The van der Waals surface area contributed by atoms with Crippen LogP contribution < -0.4 is 10.1 Å². The van der Waals surface area contributed by atoms with Crippen LogP contribution in [-0.2, 0) is 11.3 Å². The van der Waals surface area contributed by atoms with Crippen LogP contribution in [0, 0.1) is 5.82 Å². The fourth-order valence-electron chi connectivity index (χ4n) is 1.67. The molecule has 0 aliphatic rings. The summed E-state index contributed by atoms with van der Waals surface area (Å²) in [5.41, 5.74) is 0.460. The zero-order valence-electron chi connectivity index (χ0n) is 13.1. The van der Waals surface area contributed by atoms with Gasteiger partial charge in [0.05, 0.1) is 11.4 Å². The summed E-state index contributed by atoms with van der Waals surface area (Å²) >= 11 is 2.60. The number of halogens is 1.